The molecule has 0 aliphatic rings. The minimum Gasteiger partial charge on any atom is -0.449 e. The zero-order valence-electron chi connectivity index (χ0n) is 15.8. The molecule has 0 bridgehead atoms. The van der Waals surface area contributed by atoms with Crippen LogP contribution >= 0.6 is 11.6 Å². The fraction of sp³-hybridized carbons (Fsp3) is 0.300. The maximum absolute atomic E-state index is 12.5. The number of carbonyl (C=O) groups excluding carboxylic acids is 2. The van der Waals surface area contributed by atoms with Crippen LogP contribution < -0.4 is 5.32 Å². The third kappa shape index (κ3) is 5.07. The number of hydrogen-bond acceptors (Lipinski definition) is 5. The summed E-state index contributed by atoms with van der Waals surface area (Å²) in [4.78, 5) is 35.0. The van der Waals surface area contributed by atoms with Gasteiger partial charge in [0.25, 0.3) is 11.6 Å². The molecule has 0 spiro atoms. The quantitative estimate of drug-likeness (QED) is 0.400. The van der Waals surface area contributed by atoms with Gasteiger partial charge in [0.2, 0.25) is 0 Å². The molecule has 0 heterocycles. The van der Waals surface area contributed by atoms with Crippen LogP contribution in [-0.2, 0) is 9.53 Å². The molecule has 0 fully saturated rings. The number of para-hydroxylation sites is 1. The van der Waals surface area contributed by atoms with Crippen LogP contribution in [0.3, 0.4) is 0 Å². The Kier molecular flexibility index (Phi) is 7.12. The summed E-state index contributed by atoms with van der Waals surface area (Å²) >= 11 is 5.74. The van der Waals surface area contributed by atoms with Gasteiger partial charge in [-0.3, -0.25) is 14.9 Å². The lowest BCUT2D eigenvalue weighted by atomic mass is 9.97. The highest BCUT2D eigenvalue weighted by molar-refractivity contribution is 6.32. The minimum atomic E-state index is -1.09. The van der Waals surface area contributed by atoms with Crippen molar-refractivity contribution in [3.8, 4) is 0 Å². The molecule has 0 aliphatic heterocycles. The molecule has 1 amide bonds. The maximum atomic E-state index is 12.5. The smallest absolute Gasteiger partial charge is 0.339 e. The fourth-order valence-corrected chi connectivity index (χ4v) is 2.74. The van der Waals surface area contributed by atoms with Crippen molar-refractivity contribution in [2.45, 2.75) is 39.2 Å². The second-order valence-electron chi connectivity index (χ2n) is 6.36. The number of carbonyl (C=O) groups is 2. The molecular weight excluding hydrogens is 384 g/mol. The number of halogens is 1. The molecule has 7 nitrogen and oxygen atoms in total. The molecule has 0 saturated carbocycles. The van der Waals surface area contributed by atoms with Crippen LogP contribution in [-0.4, -0.2) is 22.9 Å². The highest BCUT2D eigenvalue weighted by atomic mass is 35.5. The summed E-state index contributed by atoms with van der Waals surface area (Å²) in [6, 6.07) is 11.0. The van der Waals surface area contributed by atoms with Gasteiger partial charge in [-0.2, -0.15) is 0 Å². The van der Waals surface area contributed by atoms with Crippen molar-refractivity contribution in [2.24, 2.45) is 0 Å². The molecule has 2 aromatic rings. The van der Waals surface area contributed by atoms with Crippen LogP contribution in [0.2, 0.25) is 5.02 Å². The molecule has 8 heteroatoms. The van der Waals surface area contributed by atoms with Crippen molar-refractivity contribution in [2.75, 3.05) is 5.32 Å². The van der Waals surface area contributed by atoms with Gasteiger partial charge in [-0.25, -0.2) is 4.79 Å². The molecule has 148 valence electrons. The van der Waals surface area contributed by atoms with Gasteiger partial charge in [-0.05, 0) is 43.0 Å². The Balaban J connectivity index is 2.10. The van der Waals surface area contributed by atoms with Crippen LogP contribution in [0.5, 0.6) is 0 Å². The van der Waals surface area contributed by atoms with Crippen molar-refractivity contribution >= 4 is 34.9 Å². The number of anilines is 1. The number of ether oxygens (including phenoxy) is 1. The van der Waals surface area contributed by atoms with E-state index in [1.165, 1.54) is 19.1 Å². The molecule has 0 saturated heterocycles. The lowest BCUT2D eigenvalue weighted by molar-refractivity contribution is -0.384. The van der Waals surface area contributed by atoms with E-state index in [-0.39, 0.29) is 16.5 Å². The number of nitro benzene ring substituents is 1. The third-order valence-corrected chi connectivity index (χ3v) is 4.71. The average Bonchev–Trinajstić information content (AvgIpc) is 2.67. The Bertz CT molecular complexity index is 900. The van der Waals surface area contributed by atoms with E-state index in [2.05, 4.69) is 19.2 Å². The van der Waals surface area contributed by atoms with E-state index in [4.69, 9.17) is 16.3 Å². The Hall–Kier alpha value is -2.93. The van der Waals surface area contributed by atoms with Crippen molar-refractivity contribution < 1.29 is 19.2 Å². The first-order chi connectivity index (χ1) is 13.2. The third-order valence-electron chi connectivity index (χ3n) is 4.39. The standard InChI is InChI=1S/C20H21ClN2O5/c1-4-12(2)15-7-5-6-8-17(15)22-19(24)13(3)28-20(25)14-9-10-16(21)18(11-14)23(26)27/h5-13H,4H2,1-3H3,(H,22,24)/t12-,13-/m1/s1. The summed E-state index contributed by atoms with van der Waals surface area (Å²) in [6.07, 6.45) is -0.181. The van der Waals surface area contributed by atoms with E-state index in [0.717, 1.165) is 18.1 Å². The Morgan fingerprint density at radius 1 is 1.21 bits per heavy atom. The van der Waals surface area contributed by atoms with Crippen LogP contribution in [0.1, 0.15) is 49.0 Å². The van der Waals surface area contributed by atoms with Crippen molar-refractivity contribution in [1.29, 1.82) is 0 Å². The van der Waals surface area contributed by atoms with Gasteiger partial charge in [0.1, 0.15) is 5.02 Å². The van der Waals surface area contributed by atoms with Gasteiger partial charge in [-0.15, -0.1) is 0 Å². The monoisotopic (exact) mass is 404 g/mol. The van der Waals surface area contributed by atoms with Crippen molar-refractivity contribution in [3.05, 3.63) is 68.7 Å². The first-order valence-corrected chi connectivity index (χ1v) is 9.17. The van der Waals surface area contributed by atoms with Crippen LogP contribution in [0.15, 0.2) is 42.5 Å². The Morgan fingerprint density at radius 3 is 2.54 bits per heavy atom. The zero-order valence-corrected chi connectivity index (χ0v) is 16.5. The SMILES string of the molecule is CC[C@@H](C)c1ccccc1NC(=O)[C@@H](C)OC(=O)c1ccc(Cl)c([N+](=O)[O-])c1. The number of nitrogens with one attached hydrogen (secondary N) is 1. The Labute approximate surface area is 167 Å². The van der Waals surface area contributed by atoms with Crippen LogP contribution in [0.25, 0.3) is 0 Å². The molecular formula is C20H21ClN2O5. The topological polar surface area (TPSA) is 98.5 Å². The molecule has 1 N–H and O–H groups in total. The number of esters is 1. The van der Waals surface area contributed by atoms with Gasteiger partial charge in [0.05, 0.1) is 10.5 Å². The fourth-order valence-electron chi connectivity index (χ4n) is 2.56. The molecule has 0 radical (unpaired) electrons. The average molecular weight is 405 g/mol. The minimum absolute atomic E-state index is 0.0595. The van der Waals surface area contributed by atoms with E-state index in [0.29, 0.717) is 5.69 Å². The number of nitrogens with zero attached hydrogens (tertiary/aromatic N) is 1. The molecule has 2 atom stereocenters. The summed E-state index contributed by atoms with van der Waals surface area (Å²) in [5.74, 6) is -1.09. The molecule has 2 rings (SSSR count). The van der Waals surface area contributed by atoms with E-state index in [1.54, 1.807) is 6.07 Å². The van der Waals surface area contributed by atoms with Gasteiger partial charge < -0.3 is 10.1 Å². The maximum Gasteiger partial charge on any atom is 0.339 e. The van der Waals surface area contributed by atoms with Crippen molar-refractivity contribution in [3.63, 3.8) is 0 Å². The van der Waals surface area contributed by atoms with Gasteiger partial charge in [0, 0.05) is 11.8 Å². The highest BCUT2D eigenvalue weighted by Gasteiger charge is 2.23. The number of rotatable bonds is 7. The summed E-state index contributed by atoms with van der Waals surface area (Å²) in [5.41, 5.74) is 1.18. The molecule has 0 unspecified atom stereocenters. The van der Waals surface area contributed by atoms with Crippen LogP contribution in [0.4, 0.5) is 11.4 Å². The predicted octanol–water partition coefficient (Wildman–Crippen LogP) is 4.95. The lowest BCUT2D eigenvalue weighted by Crippen LogP contribution is -2.30. The van der Waals surface area contributed by atoms with Gasteiger partial charge in [0.15, 0.2) is 6.10 Å². The molecule has 28 heavy (non-hydrogen) atoms. The van der Waals surface area contributed by atoms with Gasteiger partial charge >= 0.3 is 5.97 Å². The van der Waals surface area contributed by atoms with E-state index in [1.807, 2.05) is 18.2 Å². The number of hydrogen-bond donors (Lipinski definition) is 1. The van der Waals surface area contributed by atoms with Gasteiger partial charge in [-0.1, -0.05) is 43.6 Å². The lowest BCUT2D eigenvalue weighted by Gasteiger charge is -2.18. The normalized spacial score (nSPS) is 12.7. The first kappa shape index (κ1) is 21.4. The molecule has 0 aliphatic carbocycles. The zero-order chi connectivity index (χ0) is 20.8. The van der Waals surface area contributed by atoms with Crippen LogP contribution in [0, 0.1) is 10.1 Å². The predicted molar refractivity (Wildman–Crippen MR) is 107 cm³/mol. The largest absolute Gasteiger partial charge is 0.449 e. The second-order valence-corrected chi connectivity index (χ2v) is 6.76. The van der Waals surface area contributed by atoms with E-state index >= 15 is 0 Å². The highest BCUT2D eigenvalue weighted by Crippen LogP contribution is 2.27. The van der Waals surface area contributed by atoms with E-state index in [9.17, 15) is 19.7 Å². The van der Waals surface area contributed by atoms with E-state index < -0.39 is 28.6 Å². The summed E-state index contributed by atoms with van der Waals surface area (Å²) in [5, 5.41) is 13.6. The van der Waals surface area contributed by atoms with Crippen molar-refractivity contribution in [1.82, 2.24) is 0 Å². The summed E-state index contributed by atoms with van der Waals surface area (Å²) < 4.78 is 5.16. The Morgan fingerprint density at radius 2 is 1.89 bits per heavy atom. The second kappa shape index (κ2) is 9.32. The summed E-state index contributed by atoms with van der Waals surface area (Å²) in [6.45, 7) is 5.55. The number of amides is 1. The number of nitro groups is 1. The molecule has 0 aromatic heterocycles. The first-order valence-electron chi connectivity index (χ1n) is 8.79. The summed E-state index contributed by atoms with van der Waals surface area (Å²) in [7, 11) is 0. The molecule has 2 aromatic carbocycles. The number of benzene rings is 2.